The molecule has 0 fully saturated rings. The van der Waals surface area contributed by atoms with Crippen LogP contribution in [-0.4, -0.2) is 30.9 Å². The highest BCUT2D eigenvalue weighted by atomic mass is 32.2. The van der Waals surface area contributed by atoms with E-state index in [0.29, 0.717) is 13.1 Å². The van der Waals surface area contributed by atoms with Crippen molar-refractivity contribution in [1.29, 1.82) is 0 Å². The van der Waals surface area contributed by atoms with Crippen molar-refractivity contribution in [2.45, 2.75) is 10.8 Å². The average molecular weight is 435 g/mol. The molecule has 0 radical (unpaired) electrons. The van der Waals surface area contributed by atoms with Crippen molar-refractivity contribution in [1.82, 2.24) is 4.90 Å². The van der Waals surface area contributed by atoms with Gasteiger partial charge in [0.1, 0.15) is 9.96 Å². The minimum absolute atomic E-state index is 0.0949. The van der Waals surface area contributed by atoms with Crippen LogP contribution in [0.3, 0.4) is 0 Å². The van der Waals surface area contributed by atoms with Crippen molar-refractivity contribution in [2.75, 3.05) is 11.3 Å². The Morgan fingerprint density at radius 1 is 1.18 bits per heavy atom. The number of aromatic hydroxyl groups is 1. The molecule has 2 aromatic heterocycles. The van der Waals surface area contributed by atoms with E-state index in [1.54, 1.807) is 22.4 Å². The van der Waals surface area contributed by atoms with Gasteiger partial charge in [-0.15, -0.1) is 29.3 Å². The van der Waals surface area contributed by atoms with E-state index in [9.17, 15) is 18.3 Å². The normalized spacial score (nSPS) is 11.1. The van der Waals surface area contributed by atoms with Crippen LogP contribution in [0.2, 0.25) is 0 Å². The fraction of sp³-hybridized carbons (Fsp3) is 0.105. The van der Waals surface area contributed by atoms with Gasteiger partial charge in [0.15, 0.2) is 0 Å². The number of hydrogen-bond acceptors (Lipinski definition) is 6. The fourth-order valence-electron chi connectivity index (χ4n) is 2.53. The molecule has 9 heteroatoms. The number of phenols is 1. The van der Waals surface area contributed by atoms with E-state index in [2.05, 4.69) is 11.3 Å². The number of amides is 1. The summed E-state index contributed by atoms with van der Waals surface area (Å²) < 4.78 is 27.2. The molecule has 3 rings (SSSR count). The Labute approximate surface area is 171 Å². The van der Waals surface area contributed by atoms with Gasteiger partial charge in [-0.25, -0.2) is 8.42 Å². The van der Waals surface area contributed by atoms with Crippen molar-refractivity contribution in [3.63, 3.8) is 0 Å². The molecule has 0 aliphatic carbocycles. The quantitative estimate of drug-likeness (QED) is 0.522. The van der Waals surface area contributed by atoms with Crippen LogP contribution < -0.4 is 4.72 Å². The number of thiophene rings is 2. The highest BCUT2D eigenvalue weighted by Crippen LogP contribution is 2.27. The summed E-state index contributed by atoms with van der Waals surface area (Å²) in [6.07, 6.45) is 1.62. The third-order valence-corrected chi connectivity index (χ3v) is 7.44. The highest BCUT2D eigenvalue weighted by molar-refractivity contribution is 7.94. The standard InChI is InChI=1S/C19H18N2O4S3/c1-2-9-21(13-15-5-3-10-26-15)19(23)16-8-7-14(12-17(16)22)20-28(24,25)18-6-4-11-27-18/h2-8,10-12,20,22H,1,9,13H2. The molecule has 0 aliphatic heterocycles. The van der Waals surface area contributed by atoms with Crippen molar-refractivity contribution in [3.8, 4) is 5.75 Å². The van der Waals surface area contributed by atoms with Gasteiger partial charge < -0.3 is 10.0 Å². The largest absolute Gasteiger partial charge is 0.507 e. The van der Waals surface area contributed by atoms with Crippen molar-refractivity contribution in [3.05, 3.63) is 76.3 Å². The predicted octanol–water partition coefficient (Wildman–Crippen LogP) is 4.14. The third-order valence-electron chi connectivity index (χ3n) is 3.80. The molecule has 2 N–H and O–H groups in total. The van der Waals surface area contributed by atoms with Gasteiger partial charge in [-0.1, -0.05) is 18.2 Å². The summed E-state index contributed by atoms with van der Waals surface area (Å²) in [5, 5.41) is 13.9. The first kappa shape index (κ1) is 20.1. The maximum absolute atomic E-state index is 12.9. The van der Waals surface area contributed by atoms with Gasteiger partial charge in [-0.05, 0) is 35.0 Å². The molecule has 6 nitrogen and oxygen atoms in total. The molecule has 146 valence electrons. The number of rotatable bonds is 8. The van der Waals surface area contributed by atoms with E-state index >= 15 is 0 Å². The number of hydrogen-bond donors (Lipinski definition) is 2. The topological polar surface area (TPSA) is 86.7 Å². The van der Waals surface area contributed by atoms with Crippen LogP contribution in [0.25, 0.3) is 0 Å². The molecule has 1 aromatic carbocycles. The Morgan fingerprint density at radius 2 is 1.93 bits per heavy atom. The van der Waals surface area contributed by atoms with Gasteiger partial charge >= 0.3 is 0 Å². The first-order valence-electron chi connectivity index (χ1n) is 8.22. The molecule has 0 bridgehead atoms. The lowest BCUT2D eigenvalue weighted by Crippen LogP contribution is -2.30. The summed E-state index contributed by atoms with van der Waals surface area (Å²) in [5.74, 6) is -0.657. The van der Waals surface area contributed by atoms with Crippen LogP contribution >= 0.6 is 22.7 Å². The van der Waals surface area contributed by atoms with Crippen LogP contribution in [0.1, 0.15) is 15.2 Å². The van der Waals surface area contributed by atoms with E-state index in [0.717, 1.165) is 16.2 Å². The first-order valence-corrected chi connectivity index (χ1v) is 11.5. The SMILES string of the molecule is C=CCN(Cc1cccs1)C(=O)c1ccc(NS(=O)(=O)c2cccs2)cc1O. The Balaban J connectivity index is 1.80. The average Bonchev–Trinajstić information content (AvgIpc) is 3.35. The van der Waals surface area contributed by atoms with Gasteiger partial charge in [-0.3, -0.25) is 9.52 Å². The molecule has 2 heterocycles. The second kappa shape index (κ2) is 8.59. The Hall–Kier alpha value is -2.62. The summed E-state index contributed by atoms with van der Waals surface area (Å²) in [4.78, 5) is 15.4. The predicted molar refractivity (Wildman–Crippen MR) is 112 cm³/mol. The minimum atomic E-state index is -3.73. The first-order chi connectivity index (χ1) is 13.4. The highest BCUT2D eigenvalue weighted by Gasteiger charge is 2.21. The van der Waals surface area contributed by atoms with Gasteiger partial charge in [0.2, 0.25) is 0 Å². The summed E-state index contributed by atoms with van der Waals surface area (Å²) in [5.41, 5.74) is 0.272. The van der Waals surface area contributed by atoms with E-state index in [1.165, 1.54) is 35.6 Å². The second-order valence-electron chi connectivity index (χ2n) is 5.82. The van der Waals surface area contributed by atoms with Gasteiger partial charge in [0.05, 0.1) is 17.8 Å². The molecular formula is C19H18N2O4S3. The Morgan fingerprint density at radius 3 is 2.54 bits per heavy atom. The lowest BCUT2D eigenvalue weighted by Gasteiger charge is -2.21. The molecular weight excluding hydrogens is 416 g/mol. The zero-order valence-electron chi connectivity index (χ0n) is 14.7. The van der Waals surface area contributed by atoms with Crippen molar-refractivity contribution < 1.29 is 18.3 Å². The molecule has 0 spiro atoms. The number of nitrogens with zero attached hydrogens (tertiary/aromatic N) is 1. The summed E-state index contributed by atoms with van der Waals surface area (Å²) in [6.45, 7) is 4.40. The summed E-state index contributed by atoms with van der Waals surface area (Å²) in [7, 11) is -3.73. The fourth-order valence-corrected chi connectivity index (χ4v) is 5.30. The number of anilines is 1. The molecule has 0 saturated carbocycles. The smallest absolute Gasteiger partial charge is 0.271 e. The van der Waals surface area contributed by atoms with E-state index in [4.69, 9.17) is 0 Å². The molecule has 0 atom stereocenters. The van der Waals surface area contributed by atoms with Crippen LogP contribution in [0.5, 0.6) is 5.75 Å². The number of sulfonamides is 1. The third kappa shape index (κ3) is 4.61. The number of carbonyl (C=O) groups is 1. The number of carbonyl (C=O) groups excluding carboxylic acids is 1. The molecule has 0 unspecified atom stereocenters. The Kier molecular flexibility index (Phi) is 6.18. The number of phenolic OH excluding ortho intramolecular Hbond substituents is 1. The van der Waals surface area contributed by atoms with E-state index in [1.807, 2.05) is 17.5 Å². The van der Waals surface area contributed by atoms with Crippen molar-refractivity contribution >= 4 is 44.3 Å². The molecule has 0 saturated heterocycles. The zero-order chi connectivity index (χ0) is 20.1. The maximum atomic E-state index is 12.9. The van der Waals surface area contributed by atoms with Gasteiger partial charge in [0, 0.05) is 17.5 Å². The summed E-state index contributed by atoms with van der Waals surface area (Å²) >= 11 is 2.63. The lowest BCUT2D eigenvalue weighted by atomic mass is 10.1. The number of nitrogens with one attached hydrogen (secondary N) is 1. The van der Waals surface area contributed by atoms with E-state index < -0.39 is 10.0 Å². The van der Waals surface area contributed by atoms with E-state index in [-0.39, 0.29) is 27.1 Å². The zero-order valence-corrected chi connectivity index (χ0v) is 17.2. The molecule has 0 aliphatic rings. The van der Waals surface area contributed by atoms with Gasteiger partial charge in [-0.2, -0.15) is 0 Å². The lowest BCUT2D eigenvalue weighted by molar-refractivity contribution is 0.0761. The van der Waals surface area contributed by atoms with Gasteiger partial charge in [0.25, 0.3) is 15.9 Å². The molecule has 1 amide bonds. The van der Waals surface area contributed by atoms with Crippen LogP contribution in [0, 0.1) is 0 Å². The molecule has 28 heavy (non-hydrogen) atoms. The Bertz CT molecular complexity index is 1060. The molecule has 3 aromatic rings. The van der Waals surface area contributed by atoms with Crippen molar-refractivity contribution in [2.24, 2.45) is 0 Å². The monoisotopic (exact) mass is 434 g/mol. The van der Waals surface area contributed by atoms with Crippen LogP contribution in [-0.2, 0) is 16.6 Å². The minimum Gasteiger partial charge on any atom is -0.507 e. The van der Waals surface area contributed by atoms with Crippen LogP contribution in [0.4, 0.5) is 5.69 Å². The number of benzene rings is 1. The second-order valence-corrected chi connectivity index (χ2v) is 9.71. The summed E-state index contributed by atoms with van der Waals surface area (Å²) in [6, 6.07) is 11.1. The maximum Gasteiger partial charge on any atom is 0.271 e. The van der Waals surface area contributed by atoms with Crippen LogP contribution in [0.15, 0.2) is 70.1 Å².